The van der Waals surface area contributed by atoms with Crippen molar-refractivity contribution in [3.8, 4) is 0 Å². The van der Waals surface area contributed by atoms with E-state index < -0.39 is 0 Å². The third kappa shape index (κ3) is 1.00. The Balaban J connectivity index is 1.93. The van der Waals surface area contributed by atoms with Crippen molar-refractivity contribution in [2.24, 2.45) is 29.4 Å². The first-order valence-electron chi connectivity index (χ1n) is 5.47. The maximum atomic E-state index is 12.0. The smallest absolute Gasteiger partial charge is 0.233 e. The quantitative estimate of drug-likeness (QED) is 0.500. The van der Waals surface area contributed by atoms with Crippen LogP contribution in [0.4, 0.5) is 0 Å². The number of hydrogen-bond acceptors (Lipinski definition) is 3. The molecule has 0 aromatic carbocycles. The number of fused-ring (bicyclic) bond motifs is 5. The fraction of sp³-hybridized carbons (Fsp3) is 0.636. The van der Waals surface area contributed by atoms with Crippen molar-refractivity contribution in [1.82, 2.24) is 4.90 Å². The lowest BCUT2D eigenvalue weighted by Gasteiger charge is -2.15. The van der Waals surface area contributed by atoms with E-state index in [-0.39, 0.29) is 23.7 Å². The van der Waals surface area contributed by atoms with Crippen molar-refractivity contribution in [3.05, 3.63) is 12.2 Å². The Kier molecular flexibility index (Phi) is 1.77. The lowest BCUT2D eigenvalue weighted by molar-refractivity contribution is -0.140. The fourth-order valence-corrected chi connectivity index (χ4v) is 3.31. The van der Waals surface area contributed by atoms with Gasteiger partial charge in [0.2, 0.25) is 11.8 Å². The van der Waals surface area contributed by atoms with Crippen LogP contribution in [0.5, 0.6) is 0 Å². The SMILES string of the molecule is NCCN1C(=O)C2C3C=CC(C3)C2C1=O. The maximum Gasteiger partial charge on any atom is 0.233 e. The minimum atomic E-state index is -0.0703. The van der Waals surface area contributed by atoms with E-state index >= 15 is 0 Å². The third-order valence-corrected chi connectivity index (χ3v) is 3.91. The molecule has 2 bridgehead atoms. The Morgan fingerprint density at radius 3 is 2.20 bits per heavy atom. The minimum absolute atomic E-state index is 0.00676. The van der Waals surface area contributed by atoms with Gasteiger partial charge in [0.1, 0.15) is 0 Å². The van der Waals surface area contributed by atoms with Gasteiger partial charge in [-0.2, -0.15) is 0 Å². The Bertz CT molecular complexity index is 334. The first-order valence-corrected chi connectivity index (χ1v) is 5.47. The first kappa shape index (κ1) is 9.09. The maximum absolute atomic E-state index is 12.0. The molecule has 4 atom stereocenters. The summed E-state index contributed by atoms with van der Waals surface area (Å²) in [5.74, 6) is 0.483. The van der Waals surface area contributed by atoms with Gasteiger partial charge in [-0.1, -0.05) is 12.2 Å². The number of amides is 2. The second-order valence-corrected chi connectivity index (χ2v) is 4.62. The van der Waals surface area contributed by atoms with E-state index in [2.05, 4.69) is 12.2 Å². The van der Waals surface area contributed by atoms with Crippen LogP contribution in [0.25, 0.3) is 0 Å². The second kappa shape index (κ2) is 2.92. The molecule has 2 fully saturated rings. The average molecular weight is 206 g/mol. The summed E-state index contributed by atoms with van der Waals surface area (Å²) in [5.41, 5.74) is 5.41. The summed E-state index contributed by atoms with van der Waals surface area (Å²) in [6, 6.07) is 0. The summed E-state index contributed by atoms with van der Waals surface area (Å²) >= 11 is 0. The molecular formula is C11H14N2O2. The second-order valence-electron chi connectivity index (χ2n) is 4.62. The third-order valence-electron chi connectivity index (χ3n) is 3.91. The van der Waals surface area contributed by atoms with Gasteiger partial charge in [-0.15, -0.1) is 0 Å². The number of allylic oxidation sites excluding steroid dienone is 2. The van der Waals surface area contributed by atoms with E-state index in [9.17, 15) is 9.59 Å². The number of hydrogen-bond donors (Lipinski definition) is 1. The fourth-order valence-electron chi connectivity index (χ4n) is 3.31. The summed E-state index contributed by atoms with van der Waals surface area (Å²) in [4.78, 5) is 25.3. The van der Waals surface area contributed by atoms with Crippen molar-refractivity contribution in [2.75, 3.05) is 13.1 Å². The zero-order valence-electron chi connectivity index (χ0n) is 8.43. The van der Waals surface area contributed by atoms with Crippen LogP contribution in [0.3, 0.4) is 0 Å². The standard InChI is InChI=1S/C11H14N2O2/c12-3-4-13-10(14)8-6-1-2-7(5-6)9(8)11(13)15/h1-2,6-9H,3-5,12H2. The molecule has 0 aromatic heterocycles. The van der Waals surface area contributed by atoms with Crippen LogP contribution in [0, 0.1) is 23.7 Å². The highest BCUT2D eigenvalue weighted by Crippen LogP contribution is 2.52. The summed E-state index contributed by atoms with van der Waals surface area (Å²) < 4.78 is 0. The first-order chi connectivity index (χ1) is 7.24. The van der Waals surface area contributed by atoms with Crippen LogP contribution in [0.15, 0.2) is 12.2 Å². The van der Waals surface area contributed by atoms with Crippen molar-refractivity contribution in [2.45, 2.75) is 6.42 Å². The molecule has 80 valence electrons. The molecule has 1 saturated heterocycles. The van der Waals surface area contributed by atoms with E-state index in [0.717, 1.165) is 6.42 Å². The van der Waals surface area contributed by atoms with Gasteiger partial charge in [0, 0.05) is 13.1 Å². The zero-order valence-corrected chi connectivity index (χ0v) is 8.43. The Hall–Kier alpha value is -1.16. The Morgan fingerprint density at radius 1 is 1.20 bits per heavy atom. The van der Waals surface area contributed by atoms with Gasteiger partial charge in [0.05, 0.1) is 11.8 Å². The van der Waals surface area contributed by atoms with E-state index in [1.165, 1.54) is 4.90 Å². The van der Waals surface area contributed by atoms with Crippen LogP contribution >= 0.6 is 0 Å². The number of rotatable bonds is 2. The zero-order chi connectivity index (χ0) is 10.6. The van der Waals surface area contributed by atoms with Gasteiger partial charge in [-0.05, 0) is 18.3 Å². The van der Waals surface area contributed by atoms with Crippen LogP contribution in [0.2, 0.25) is 0 Å². The Labute approximate surface area is 88.1 Å². The molecular weight excluding hydrogens is 192 g/mol. The molecule has 3 aliphatic rings. The lowest BCUT2D eigenvalue weighted by Crippen LogP contribution is -2.36. The van der Waals surface area contributed by atoms with Crippen molar-refractivity contribution >= 4 is 11.8 Å². The molecule has 3 rings (SSSR count). The summed E-state index contributed by atoms with van der Waals surface area (Å²) in [5, 5.41) is 0. The minimum Gasteiger partial charge on any atom is -0.329 e. The molecule has 2 aliphatic carbocycles. The van der Waals surface area contributed by atoms with Crippen LogP contribution in [0.1, 0.15) is 6.42 Å². The molecule has 15 heavy (non-hydrogen) atoms. The van der Waals surface area contributed by atoms with Crippen LogP contribution in [-0.2, 0) is 9.59 Å². The lowest BCUT2D eigenvalue weighted by atomic mass is 9.85. The summed E-state index contributed by atoms with van der Waals surface area (Å²) in [6.07, 6.45) is 5.19. The number of carbonyl (C=O) groups excluding carboxylic acids is 2. The van der Waals surface area contributed by atoms with E-state index in [1.54, 1.807) is 0 Å². The van der Waals surface area contributed by atoms with Crippen molar-refractivity contribution in [3.63, 3.8) is 0 Å². The topological polar surface area (TPSA) is 63.4 Å². The molecule has 0 aromatic rings. The van der Waals surface area contributed by atoms with Crippen LogP contribution in [-0.4, -0.2) is 29.8 Å². The molecule has 2 amide bonds. The van der Waals surface area contributed by atoms with Gasteiger partial charge < -0.3 is 5.73 Å². The van der Waals surface area contributed by atoms with E-state index in [0.29, 0.717) is 24.9 Å². The van der Waals surface area contributed by atoms with Gasteiger partial charge in [-0.3, -0.25) is 14.5 Å². The van der Waals surface area contributed by atoms with Gasteiger partial charge in [0.25, 0.3) is 0 Å². The molecule has 4 heteroatoms. The van der Waals surface area contributed by atoms with Crippen molar-refractivity contribution in [1.29, 1.82) is 0 Å². The Morgan fingerprint density at radius 2 is 1.73 bits per heavy atom. The summed E-state index contributed by atoms with van der Waals surface area (Å²) in [7, 11) is 0. The molecule has 1 aliphatic heterocycles. The highest BCUT2D eigenvalue weighted by atomic mass is 16.2. The molecule has 4 nitrogen and oxygen atoms in total. The van der Waals surface area contributed by atoms with E-state index in [1.807, 2.05) is 0 Å². The molecule has 0 spiro atoms. The number of likely N-dealkylation sites (tertiary alicyclic amines) is 1. The molecule has 2 N–H and O–H groups in total. The molecule has 1 heterocycles. The molecule has 0 radical (unpaired) electrons. The number of imide groups is 1. The van der Waals surface area contributed by atoms with E-state index in [4.69, 9.17) is 5.73 Å². The van der Waals surface area contributed by atoms with Crippen LogP contribution < -0.4 is 5.73 Å². The predicted octanol–water partition coefficient (Wildman–Crippen LogP) is -0.248. The number of nitrogens with two attached hydrogens (primary N) is 1. The molecule has 4 unspecified atom stereocenters. The largest absolute Gasteiger partial charge is 0.329 e. The van der Waals surface area contributed by atoms with Gasteiger partial charge >= 0.3 is 0 Å². The van der Waals surface area contributed by atoms with Crippen molar-refractivity contribution < 1.29 is 9.59 Å². The monoisotopic (exact) mass is 206 g/mol. The normalized spacial score (nSPS) is 41.8. The number of nitrogens with zero attached hydrogens (tertiary/aromatic N) is 1. The van der Waals surface area contributed by atoms with Gasteiger partial charge in [-0.25, -0.2) is 0 Å². The van der Waals surface area contributed by atoms with Gasteiger partial charge in [0.15, 0.2) is 0 Å². The highest BCUT2D eigenvalue weighted by molar-refractivity contribution is 6.06. The highest BCUT2D eigenvalue weighted by Gasteiger charge is 2.58. The average Bonchev–Trinajstić information content (AvgIpc) is 2.87. The summed E-state index contributed by atoms with van der Waals surface area (Å²) in [6.45, 7) is 0.740. The number of carbonyl (C=O) groups is 2. The predicted molar refractivity (Wildman–Crippen MR) is 53.5 cm³/mol. The molecule has 1 saturated carbocycles.